The summed E-state index contributed by atoms with van der Waals surface area (Å²) in [6.45, 7) is 0.727. The SMILES string of the molecule is O=C(COc1cccc[n+]1[O-])Nc1ccc2c(c1)OCCO2. The van der Waals surface area contributed by atoms with Gasteiger partial charge in [0, 0.05) is 17.8 Å². The zero-order chi connectivity index (χ0) is 15.4. The average molecular weight is 302 g/mol. The summed E-state index contributed by atoms with van der Waals surface area (Å²) in [5.41, 5.74) is 0.570. The number of carbonyl (C=O) groups is 1. The fraction of sp³-hybridized carbons (Fsp3) is 0.200. The number of benzene rings is 1. The highest BCUT2D eigenvalue weighted by molar-refractivity contribution is 5.92. The van der Waals surface area contributed by atoms with Gasteiger partial charge in [-0.3, -0.25) is 4.79 Å². The lowest BCUT2D eigenvalue weighted by atomic mass is 10.2. The second kappa shape index (κ2) is 6.21. The molecule has 1 aromatic heterocycles. The Morgan fingerprint density at radius 1 is 1.23 bits per heavy atom. The van der Waals surface area contributed by atoms with E-state index in [2.05, 4.69) is 5.32 Å². The van der Waals surface area contributed by atoms with Crippen molar-refractivity contribution in [3.63, 3.8) is 0 Å². The second-order valence-electron chi connectivity index (χ2n) is 4.56. The third-order valence-electron chi connectivity index (χ3n) is 2.97. The lowest BCUT2D eigenvalue weighted by Gasteiger charge is -2.19. The number of fused-ring (bicyclic) bond motifs is 1. The number of rotatable bonds is 4. The summed E-state index contributed by atoms with van der Waals surface area (Å²) >= 11 is 0. The molecule has 0 atom stereocenters. The van der Waals surface area contributed by atoms with E-state index in [0.29, 0.717) is 35.1 Å². The fourth-order valence-corrected chi connectivity index (χ4v) is 1.98. The summed E-state index contributed by atoms with van der Waals surface area (Å²) in [5, 5.41) is 14.1. The van der Waals surface area contributed by atoms with Gasteiger partial charge in [0.25, 0.3) is 5.91 Å². The van der Waals surface area contributed by atoms with Crippen LogP contribution < -0.4 is 24.3 Å². The Kier molecular flexibility index (Phi) is 3.95. The van der Waals surface area contributed by atoms with Crippen molar-refractivity contribution in [1.82, 2.24) is 0 Å². The number of amides is 1. The Morgan fingerprint density at radius 3 is 2.86 bits per heavy atom. The van der Waals surface area contributed by atoms with E-state index >= 15 is 0 Å². The van der Waals surface area contributed by atoms with Crippen LogP contribution >= 0.6 is 0 Å². The van der Waals surface area contributed by atoms with E-state index in [4.69, 9.17) is 14.2 Å². The Labute approximate surface area is 126 Å². The number of nitrogens with zero attached hydrogens (tertiary/aromatic N) is 1. The van der Waals surface area contributed by atoms with Crippen LogP contribution in [-0.4, -0.2) is 25.7 Å². The van der Waals surface area contributed by atoms with Crippen LogP contribution in [0.25, 0.3) is 0 Å². The molecule has 0 saturated carbocycles. The number of pyridine rings is 1. The van der Waals surface area contributed by atoms with Gasteiger partial charge in [0.15, 0.2) is 24.3 Å². The first-order chi connectivity index (χ1) is 10.7. The van der Waals surface area contributed by atoms with Crippen molar-refractivity contribution in [3.05, 3.63) is 47.8 Å². The minimum Gasteiger partial charge on any atom is -0.616 e. The number of ether oxygens (including phenoxy) is 3. The molecule has 0 radical (unpaired) electrons. The van der Waals surface area contributed by atoms with Gasteiger partial charge >= 0.3 is 5.88 Å². The zero-order valence-corrected chi connectivity index (χ0v) is 11.7. The van der Waals surface area contributed by atoms with Gasteiger partial charge in [-0.2, -0.15) is 0 Å². The number of hydrogen-bond acceptors (Lipinski definition) is 5. The van der Waals surface area contributed by atoms with Crippen molar-refractivity contribution in [2.45, 2.75) is 0 Å². The lowest BCUT2D eigenvalue weighted by molar-refractivity contribution is -0.612. The van der Waals surface area contributed by atoms with Gasteiger partial charge in [-0.1, -0.05) is 0 Å². The molecule has 2 aromatic rings. The highest BCUT2D eigenvalue weighted by Crippen LogP contribution is 2.32. The molecule has 1 amide bonds. The van der Waals surface area contributed by atoms with Crippen molar-refractivity contribution in [3.8, 4) is 17.4 Å². The van der Waals surface area contributed by atoms with Gasteiger partial charge in [-0.15, -0.1) is 4.73 Å². The molecule has 0 aliphatic carbocycles. The monoisotopic (exact) mass is 302 g/mol. The van der Waals surface area contributed by atoms with Crippen LogP contribution in [0.4, 0.5) is 5.69 Å². The molecule has 3 rings (SSSR count). The van der Waals surface area contributed by atoms with Crippen molar-refractivity contribution < 1.29 is 23.7 Å². The molecule has 0 fully saturated rings. The van der Waals surface area contributed by atoms with Gasteiger partial charge in [-0.05, 0) is 18.2 Å². The highest BCUT2D eigenvalue weighted by atomic mass is 16.6. The smallest absolute Gasteiger partial charge is 0.379 e. The van der Waals surface area contributed by atoms with Gasteiger partial charge < -0.3 is 24.7 Å². The minimum absolute atomic E-state index is 0.0693. The maximum absolute atomic E-state index is 11.8. The Balaban J connectivity index is 1.59. The van der Waals surface area contributed by atoms with E-state index in [-0.39, 0.29) is 18.4 Å². The molecule has 0 saturated heterocycles. The second-order valence-corrected chi connectivity index (χ2v) is 4.56. The summed E-state index contributed by atoms with van der Waals surface area (Å²) in [6, 6.07) is 9.85. The Morgan fingerprint density at radius 2 is 2.05 bits per heavy atom. The average Bonchev–Trinajstić information content (AvgIpc) is 2.54. The van der Waals surface area contributed by atoms with Crippen molar-refractivity contribution in [2.24, 2.45) is 0 Å². The Bertz CT molecular complexity index is 689. The van der Waals surface area contributed by atoms with Crippen LogP contribution in [-0.2, 0) is 4.79 Å². The van der Waals surface area contributed by atoms with Gasteiger partial charge in [0.1, 0.15) is 13.2 Å². The maximum Gasteiger partial charge on any atom is 0.379 e. The first kappa shape index (κ1) is 14.0. The predicted octanol–water partition coefficient (Wildman–Crippen LogP) is 1.11. The summed E-state index contributed by atoms with van der Waals surface area (Å²) in [6.07, 6.45) is 1.30. The quantitative estimate of drug-likeness (QED) is 0.675. The summed E-state index contributed by atoms with van der Waals surface area (Å²) in [7, 11) is 0. The number of anilines is 1. The van der Waals surface area contributed by atoms with E-state index in [9.17, 15) is 10.0 Å². The lowest BCUT2D eigenvalue weighted by Crippen LogP contribution is -2.30. The van der Waals surface area contributed by atoms with Crippen LogP contribution in [0.3, 0.4) is 0 Å². The third-order valence-corrected chi connectivity index (χ3v) is 2.97. The van der Waals surface area contributed by atoms with Crippen molar-refractivity contribution >= 4 is 11.6 Å². The first-order valence-electron chi connectivity index (χ1n) is 6.73. The predicted molar refractivity (Wildman–Crippen MR) is 77.0 cm³/mol. The van der Waals surface area contributed by atoms with E-state index in [0.717, 1.165) is 0 Å². The van der Waals surface area contributed by atoms with Crippen LogP contribution in [0, 0.1) is 5.21 Å². The van der Waals surface area contributed by atoms with Crippen LogP contribution in [0.1, 0.15) is 0 Å². The molecule has 22 heavy (non-hydrogen) atoms. The maximum atomic E-state index is 11.8. The molecule has 7 heteroatoms. The normalized spacial score (nSPS) is 12.5. The molecular formula is C15H14N2O5. The van der Waals surface area contributed by atoms with Crippen molar-refractivity contribution in [2.75, 3.05) is 25.1 Å². The van der Waals surface area contributed by atoms with E-state index in [1.807, 2.05) is 0 Å². The third kappa shape index (κ3) is 3.20. The number of carbonyl (C=O) groups excluding carboxylic acids is 1. The molecule has 1 aliphatic rings. The first-order valence-corrected chi connectivity index (χ1v) is 6.73. The molecule has 0 bridgehead atoms. The molecule has 7 nitrogen and oxygen atoms in total. The van der Waals surface area contributed by atoms with Crippen LogP contribution in [0.15, 0.2) is 42.6 Å². The van der Waals surface area contributed by atoms with E-state index in [1.165, 1.54) is 12.3 Å². The van der Waals surface area contributed by atoms with Gasteiger partial charge in [-0.25, -0.2) is 0 Å². The van der Waals surface area contributed by atoms with Gasteiger partial charge in [0.2, 0.25) is 0 Å². The standard InChI is InChI=1S/C15H14N2O5/c18-14(10-22-15-3-1-2-6-17(15)19)16-11-4-5-12-13(9-11)21-8-7-20-12/h1-6,9H,7-8,10H2,(H,16,18). The molecule has 2 heterocycles. The zero-order valence-electron chi connectivity index (χ0n) is 11.7. The molecular weight excluding hydrogens is 288 g/mol. The largest absolute Gasteiger partial charge is 0.616 e. The fourth-order valence-electron chi connectivity index (χ4n) is 1.98. The van der Waals surface area contributed by atoms with E-state index in [1.54, 1.807) is 30.3 Å². The summed E-state index contributed by atoms with van der Waals surface area (Å²) < 4.78 is 16.6. The number of nitrogens with one attached hydrogen (secondary N) is 1. The van der Waals surface area contributed by atoms with Crippen LogP contribution in [0.5, 0.6) is 17.4 Å². The topological polar surface area (TPSA) is 83.7 Å². The minimum atomic E-state index is -0.375. The molecule has 1 N–H and O–H groups in total. The van der Waals surface area contributed by atoms with E-state index < -0.39 is 0 Å². The molecule has 0 spiro atoms. The molecule has 1 aromatic carbocycles. The molecule has 1 aliphatic heterocycles. The summed E-state index contributed by atoms with van der Waals surface area (Å²) in [5.74, 6) is 0.933. The molecule has 114 valence electrons. The van der Waals surface area contributed by atoms with Crippen LogP contribution in [0.2, 0.25) is 0 Å². The van der Waals surface area contributed by atoms with Gasteiger partial charge in [0.05, 0.1) is 6.07 Å². The number of aromatic nitrogens is 1. The Hall–Kier alpha value is -2.96. The summed E-state index contributed by atoms with van der Waals surface area (Å²) in [4.78, 5) is 11.8. The number of hydrogen-bond donors (Lipinski definition) is 1. The van der Waals surface area contributed by atoms with Crippen molar-refractivity contribution in [1.29, 1.82) is 0 Å². The highest BCUT2D eigenvalue weighted by Gasteiger charge is 2.13. The molecule has 0 unspecified atom stereocenters.